The number of rotatable bonds is 2. The molecule has 11 heavy (non-hydrogen) atoms. The molecular weight excluding hydrogens is 208 g/mol. The second-order valence-corrected chi connectivity index (χ2v) is 3.49. The molecule has 1 aromatic rings. The average Bonchev–Trinajstić information content (AvgIpc) is 2.30. The zero-order valence-corrected chi connectivity index (χ0v) is 8.17. The number of aliphatic hydroxyl groups excluding tert-OH is 1. The molecule has 0 fully saturated rings. The highest BCUT2D eigenvalue weighted by Gasteiger charge is 2.08. The number of halogens is 1. The van der Waals surface area contributed by atoms with Gasteiger partial charge in [-0.3, -0.25) is 4.68 Å². The summed E-state index contributed by atoms with van der Waals surface area (Å²) in [5.41, 5.74) is 0.833. The molecule has 0 bridgehead atoms. The molecule has 4 heteroatoms. The molecular formula is C7H11BrN2O. The molecule has 0 aromatic carbocycles. The fourth-order valence-corrected chi connectivity index (χ4v) is 1.36. The van der Waals surface area contributed by atoms with E-state index < -0.39 is 0 Å². The fraction of sp³-hybridized carbons (Fsp3) is 0.571. The van der Waals surface area contributed by atoms with Crippen molar-refractivity contribution in [2.75, 3.05) is 0 Å². The predicted molar refractivity (Wildman–Crippen MR) is 46.2 cm³/mol. The Balaban J connectivity index is 3.05. The molecule has 0 amide bonds. The van der Waals surface area contributed by atoms with Crippen molar-refractivity contribution in [3.8, 4) is 0 Å². The van der Waals surface area contributed by atoms with Crippen molar-refractivity contribution in [2.24, 2.45) is 0 Å². The van der Waals surface area contributed by atoms with Crippen molar-refractivity contribution in [1.82, 2.24) is 9.78 Å². The van der Waals surface area contributed by atoms with Crippen molar-refractivity contribution in [3.05, 3.63) is 16.4 Å². The van der Waals surface area contributed by atoms with Crippen LogP contribution >= 0.6 is 15.9 Å². The van der Waals surface area contributed by atoms with Gasteiger partial charge in [0, 0.05) is 6.04 Å². The number of aromatic nitrogens is 2. The number of hydrogen-bond acceptors (Lipinski definition) is 2. The first-order valence-corrected chi connectivity index (χ1v) is 4.29. The Morgan fingerprint density at radius 1 is 1.73 bits per heavy atom. The molecule has 3 nitrogen and oxygen atoms in total. The van der Waals surface area contributed by atoms with Crippen LogP contribution in [0.1, 0.15) is 25.6 Å². The molecule has 0 aliphatic rings. The predicted octanol–water partition coefficient (Wildman–Crippen LogP) is 1.72. The summed E-state index contributed by atoms with van der Waals surface area (Å²) >= 11 is 3.30. The lowest BCUT2D eigenvalue weighted by Gasteiger charge is -2.08. The molecule has 1 rings (SSSR count). The van der Waals surface area contributed by atoms with Crippen LogP contribution in [-0.4, -0.2) is 14.9 Å². The third kappa shape index (κ3) is 1.62. The monoisotopic (exact) mass is 218 g/mol. The Labute approximate surface area is 74.2 Å². The second-order valence-electron chi connectivity index (χ2n) is 2.64. The SMILES string of the molecule is CC(C)n1ncc(Br)c1CO. The smallest absolute Gasteiger partial charge is 0.0861 e. The Morgan fingerprint density at radius 2 is 2.36 bits per heavy atom. The molecule has 1 aromatic heterocycles. The molecule has 62 valence electrons. The standard InChI is InChI=1S/C7H11BrN2O/c1-5(2)10-7(4-11)6(8)3-9-10/h3,5,11H,4H2,1-2H3. The Hall–Kier alpha value is -0.350. The van der Waals surface area contributed by atoms with Gasteiger partial charge in [-0.1, -0.05) is 0 Å². The van der Waals surface area contributed by atoms with E-state index in [0.717, 1.165) is 10.2 Å². The third-order valence-corrected chi connectivity index (χ3v) is 2.15. The van der Waals surface area contributed by atoms with E-state index in [1.165, 1.54) is 0 Å². The lowest BCUT2D eigenvalue weighted by Crippen LogP contribution is -2.07. The summed E-state index contributed by atoms with van der Waals surface area (Å²) in [5.74, 6) is 0. The van der Waals surface area contributed by atoms with Crippen LogP contribution < -0.4 is 0 Å². The van der Waals surface area contributed by atoms with Crippen LogP contribution in [0.2, 0.25) is 0 Å². The average molecular weight is 219 g/mol. The molecule has 0 saturated heterocycles. The van der Waals surface area contributed by atoms with Gasteiger partial charge in [0.15, 0.2) is 0 Å². The van der Waals surface area contributed by atoms with E-state index in [0.29, 0.717) is 6.04 Å². The summed E-state index contributed by atoms with van der Waals surface area (Å²) in [4.78, 5) is 0. The van der Waals surface area contributed by atoms with E-state index in [-0.39, 0.29) is 6.61 Å². The van der Waals surface area contributed by atoms with Crippen molar-refractivity contribution in [2.45, 2.75) is 26.5 Å². The normalized spacial score (nSPS) is 11.0. The highest BCUT2D eigenvalue weighted by Crippen LogP contribution is 2.18. The number of aliphatic hydroxyl groups is 1. The quantitative estimate of drug-likeness (QED) is 0.822. The summed E-state index contributed by atoms with van der Waals surface area (Å²) in [7, 11) is 0. The Bertz CT molecular complexity index is 245. The first-order chi connectivity index (χ1) is 5.16. The molecule has 0 unspecified atom stereocenters. The maximum absolute atomic E-state index is 8.95. The molecule has 0 atom stereocenters. The van der Waals surface area contributed by atoms with Gasteiger partial charge in [-0.05, 0) is 29.8 Å². The molecule has 0 aliphatic heterocycles. The summed E-state index contributed by atoms with van der Waals surface area (Å²) in [6, 6.07) is 0.295. The van der Waals surface area contributed by atoms with Gasteiger partial charge in [-0.2, -0.15) is 5.10 Å². The van der Waals surface area contributed by atoms with Crippen LogP contribution in [-0.2, 0) is 6.61 Å². The maximum atomic E-state index is 8.95. The van der Waals surface area contributed by atoms with Gasteiger partial charge in [-0.15, -0.1) is 0 Å². The van der Waals surface area contributed by atoms with Crippen LogP contribution in [0, 0.1) is 0 Å². The van der Waals surface area contributed by atoms with Gasteiger partial charge in [0.05, 0.1) is 23.0 Å². The van der Waals surface area contributed by atoms with Crippen LogP contribution in [0.5, 0.6) is 0 Å². The largest absolute Gasteiger partial charge is 0.390 e. The second kappa shape index (κ2) is 3.36. The topological polar surface area (TPSA) is 38.0 Å². The summed E-state index contributed by atoms with van der Waals surface area (Å²) < 4.78 is 2.66. The van der Waals surface area contributed by atoms with E-state index >= 15 is 0 Å². The van der Waals surface area contributed by atoms with E-state index in [9.17, 15) is 0 Å². The number of hydrogen-bond donors (Lipinski definition) is 1. The van der Waals surface area contributed by atoms with Gasteiger partial charge in [0.1, 0.15) is 0 Å². The molecule has 1 N–H and O–H groups in total. The minimum Gasteiger partial charge on any atom is -0.390 e. The van der Waals surface area contributed by atoms with Crippen molar-refractivity contribution >= 4 is 15.9 Å². The highest BCUT2D eigenvalue weighted by molar-refractivity contribution is 9.10. The lowest BCUT2D eigenvalue weighted by molar-refractivity contribution is 0.263. The van der Waals surface area contributed by atoms with Crippen LogP contribution in [0.15, 0.2) is 10.7 Å². The first kappa shape index (κ1) is 8.74. The van der Waals surface area contributed by atoms with Gasteiger partial charge >= 0.3 is 0 Å². The van der Waals surface area contributed by atoms with Crippen LogP contribution in [0.3, 0.4) is 0 Å². The van der Waals surface area contributed by atoms with Gasteiger partial charge < -0.3 is 5.11 Å². The molecule has 1 heterocycles. The summed E-state index contributed by atoms with van der Waals surface area (Å²) in [6.45, 7) is 4.08. The molecule has 0 aliphatic carbocycles. The van der Waals surface area contributed by atoms with Gasteiger partial charge in [0.2, 0.25) is 0 Å². The zero-order chi connectivity index (χ0) is 8.43. The van der Waals surface area contributed by atoms with E-state index in [2.05, 4.69) is 21.0 Å². The van der Waals surface area contributed by atoms with E-state index in [4.69, 9.17) is 5.11 Å². The fourth-order valence-electron chi connectivity index (χ4n) is 0.960. The van der Waals surface area contributed by atoms with E-state index in [1.54, 1.807) is 10.9 Å². The van der Waals surface area contributed by atoms with Crippen LogP contribution in [0.4, 0.5) is 0 Å². The first-order valence-electron chi connectivity index (χ1n) is 3.49. The zero-order valence-electron chi connectivity index (χ0n) is 6.58. The lowest BCUT2D eigenvalue weighted by atomic mass is 10.3. The third-order valence-electron chi connectivity index (χ3n) is 1.49. The number of nitrogens with zero attached hydrogens (tertiary/aromatic N) is 2. The van der Waals surface area contributed by atoms with Gasteiger partial charge in [0.25, 0.3) is 0 Å². The summed E-state index contributed by atoms with van der Waals surface area (Å²) in [5, 5.41) is 13.0. The molecule has 0 saturated carbocycles. The van der Waals surface area contributed by atoms with Crippen molar-refractivity contribution in [3.63, 3.8) is 0 Å². The van der Waals surface area contributed by atoms with Crippen molar-refractivity contribution in [1.29, 1.82) is 0 Å². The minimum absolute atomic E-state index is 0.0266. The summed E-state index contributed by atoms with van der Waals surface area (Å²) in [6.07, 6.45) is 1.70. The molecule has 0 radical (unpaired) electrons. The minimum atomic E-state index is 0.0266. The van der Waals surface area contributed by atoms with Crippen molar-refractivity contribution < 1.29 is 5.11 Å². The maximum Gasteiger partial charge on any atom is 0.0861 e. The van der Waals surface area contributed by atoms with Crippen LogP contribution in [0.25, 0.3) is 0 Å². The highest BCUT2D eigenvalue weighted by atomic mass is 79.9. The Morgan fingerprint density at radius 3 is 2.73 bits per heavy atom. The Kier molecular flexibility index (Phi) is 2.67. The van der Waals surface area contributed by atoms with Gasteiger partial charge in [-0.25, -0.2) is 0 Å². The molecule has 0 spiro atoms. The van der Waals surface area contributed by atoms with E-state index in [1.807, 2.05) is 13.8 Å².